The van der Waals surface area contributed by atoms with E-state index in [1.54, 1.807) is 4.90 Å². The number of carbonyl (C=O) groups is 1. The summed E-state index contributed by atoms with van der Waals surface area (Å²) in [5.41, 5.74) is 0. The number of nitrogens with one attached hydrogen (secondary N) is 1. The first kappa shape index (κ1) is 10.8. The van der Waals surface area contributed by atoms with Gasteiger partial charge in [0.25, 0.3) is 0 Å². The van der Waals surface area contributed by atoms with Gasteiger partial charge < -0.3 is 15.3 Å². The van der Waals surface area contributed by atoms with E-state index in [4.69, 9.17) is 5.11 Å². The summed E-state index contributed by atoms with van der Waals surface area (Å²) in [5, 5.41) is 12.6. The molecule has 0 aromatic carbocycles. The van der Waals surface area contributed by atoms with Gasteiger partial charge in [-0.1, -0.05) is 24.3 Å². The number of allylic oxidation sites excluding steroid dienone is 3. The van der Waals surface area contributed by atoms with Gasteiger partial charge in [-0.15, -0.1) is 0 Å². The van der Waals surface area contributed by atoms with Crippen molar-refractivity contribution in [1.82, 2.24) is 10.2 Å². The molecule has 0 bridgehead atoms. The van der Waals surface area contributed by atoms with Gasteiger partial charge in [-0.3, -0.25) is 0 Å². The minimum absolute atomic E-state index is 0.470. The average Bonchev–Trinajstić information content (AvgIpc) is 2.67. The predicted molar refractivity (Wildman–Crippen MR) is 64.7 cm³/mol. The van der Waals surface area contributed by atoms with E-state index in [0.717, 1.165) is 13.1 Å². The zero-order valence-corrected chi connectivity index (χ0v) is 9.75. The summed E-state index contributed by atoms with van der Waals surface area (Å²) >= 11 is 0. The maximum Gasteiger partial charge on any atom is 0.407 e. The van der Waals surface area contributed by atoms with E-state index in [1.165, 1.54) is 0 Å². The molecule has 2 fully saturated rings. The standard InChI is InChI=1S/C13H18N2O2/c16-13(17)15-7-10-6-14-5-9-3-1-2-4-11(9)12(10)8-15/h1-4,9-12,14H,5-8H2,(H,16,17). The molecule has 2 N–H and O–H groups in total. The molecule has 0 aromatic rings. The number of hydrogen-bond acceptors (Lipinski definition) is 2. The summed E-state index contributed by atoms with van der Waals surface area (Å²) in [6.07, 6.45) is 7.95. The highest BCUT2D eigenvalue weighted by atomic mass is 16.4. The van der Waals surface area contributed by atoms with E-state index >= 15 is 0 Å². The van der Waals surface area contributed by atoms with E-state index < -0.39 is 6.09 Å². The second kappa shape index (κ2) is 4.18. The smallest absolute Gasteiger partial charge is 0.407 e. The second-order valence-corrected chi connectivity index (χ2v) is 5.28. The van der Waals surface area contributed by atoms with Gasteiger partial charge >= 0.3 is 6.09 Å². The quantitative estimate of drug-likeness (QED) is 0.661. The number of nitrogens with zero attached hydrogens (tertiary/aromatic N) is 1. The molecule has 4 heteroatoms. The maximum atomic E-state index is 11.1. The van der Waals surface area contributed by atoms with Gasteiger partial charge in [0, 0.05) is 26.2 Å². The van der Waals surface area contributed by atoms with Crippen molar-refractivity contribution in [2.75, 3.05) is 26.2 Å². The first-order valence-corrected chi connectivity index (χ1v) is 6.29. The topological polar surface area (TPSA) is 52.6 Å². The lowest BCUT2D eigenvalue weighted by molar-refractivity contribution is 0.151. The average molecular weight is 234 g/mol. The SMILES string of the molecule is O=C(O)N1CC2CNCC3C=CC=CC3C2C1. The molecule has 1 aliphatic carbocycles. The number of hydrogen-bond donors (Lipinski definition) is 2. The Morgan fingerprint density at radius 3 is 2.88 bits per heavy atom. The molecule has 4 atom stereocenters. The number of carboxylic acid groups (broad SMARTS) is 1. The first-order valence-electron chi connectivity index (χ1n) is 6.29. The molecule has 92 valence electrons. The van der Waals surface area contributed by atoms with Crippen LogP contribution in [0.5, 0.6) is 0 Å². The third-order valence-electron chi connectivity index (χ3n) is 4.34. The molecular formula is C13H18N2O2. The van der Waals surface area contributed by atoms with Crippen molar-refractivity contribution in [2.45, 2.75) is 0 Å². The molecule has 2 heterocycles. The summed E-state index contributed by atoms with van der Waals surface area (Å²) < 4.78 is 0. The number of likely N-dealkylation sites (tertiary alicyclic amines) is 1. The van der Waals surface area contributed by atoms with E-state index in [1.807, 2.05) is 0 Å². The van der Waals surface area contributed by atoms with Crippen LogP contribution in [-0.4, -0.2) is 42.3 Å². The third-order valence-corrected chi connectivity index (χ3v) is 4.34. The second-order valence-electron chi connectivity index (χ2n) is 5.28. The van der Waals surface area contributed by atoms with E-state index in [-0.39, 0.29) is 0 Å². The van der Waals surface area contributed by atoms with Gasteiger partial charge in [0.2, 0.25) is 0 Å². The first-order chi connectivity index (χ1) is 8.25. The number of amides is 1. The fraction of sp³-hybridized carbons (Fsp3) is 0.615. The van der Waals surface area contributed by atoms with Crippen molar-refractivity contribution in [3.05, 3.63) is 24.3 Å². The third kappa shape index (κ3) is 1.86. The Bertz CT molecular complexity index is 378. The van der Waals surface area contributed by atoms with Gasteiger partial charge in [-0.2, -0.15) is 0 Å². The van der Waals surface area contributed by atoms with Crippen LogP contribution in [0.1, 0.15) is 0 Å². The van der Waals surface area contributed by atoms with E-state index in [0.29, 0.717) is 36.8 Å². The van der Waals surface area contributed by atoms with Crippen LogP contribution in [-0.2, 0) is 0 Å². The normalized spacial score (nSPS) is 39.6. The molecule has 4 unspecified atom stereocenters. The van der Waals surface area contributed by atoms with Crippen LogP contribution in [0.25, 0.3) is 0 Å². The van der Waals surface area contributed by atoms with Crippen LogP contribution in [0.3, 0.4) is 0 Å². The van der Waals surface area contributed by atoms with Crippen molar-refractivity contribution >= 4 is 6.09 Å². The summed E-state index contributed by atoms with van der Waals surface area (Å²) in [5.74, 6) is 1.98. The van der Waals surface area contributed by atoms with Crippen molar-refractivity contribution in [3.63, 3.8) is 0 Å². The summed E-state index contributed by atoms with van der Waals surface area (Å²) in [6.45, 7) is 3.35. The number of rotatable bonds is 0. The van der Waals surface area contributed by atoms with Crippen LogP contribution in [0, 0.1) is 23.7 Å². The van der Waals surface area contributed by atoms with Gasteiger partial charge in [0.15, 0.2) is 0 Å². The molecule has 0 saturated carbocycles. The lowest BCUT2D eigenvalue weighted by atomic mass is 9.76. The van der Waals surface area contributed by atoms with Gasteiger partial charge in [-0.05, 0) is 23.7 Å². The van der Waals surface area contributed by atoms with Crippen LogP contribution in [0.15, 0.2) is 24.3 Å². The zero-order valence-electron chi connectivity index (χ0n) is 9.75. The van der Waals surface area contributed by atoms with Crippen LogP contribution in [0.2, 0.25) is 0 Å². The fourth-order valence-electron chi connectivity index (χ4n) is 3.47. The molecule has 3 aliphatic rings. The molecule has 0 spiro atoms. The minimum Gasteiger partial charge on any atom is -0.465 e. The molecule has 3 rings (SSSR count). The maximum absolute atomic E-state index is 11.1. The lowest BCUT2D eigenvalue weighted by Crippen LogP contribution is -2.32. The van der Waals surface area contributed by atoms with Crippen molar-refractivity contribution in [3.8, 4) is 0 Å². The Morgan fingerprint density at radius 1 is 1.24 bits per heavy atom. The summed E-state index contributed by atoms with van der Waals surface area (Å²) in [6, 6.07) is 0. The highest BCUT2D eigenvalue weighted by Crippen LogP contribution is 2.38. The molecule has 2 aliphatic heterocycles. The van der Waals surface area contributed by atoms with Gasteiger partial charge in [0.1, 0.15) is 0 Å². The predicted octanol–water partition coefficient (Wildman–Crippen LogP) is 1.17. The van der Waals surface area contributed by atoms with Crippen LogP contribution in [0.4, 0.5) is 4.79 Å². The monoisotopic (exact) mass is 234 g/mol. The molecule has 17 heavy (non-hydrogen) atoms. The summed E-state index contributed by atoms with van der Waals surface area (Å²) in [7, 11) is 0. The Morgan fingerprint density at radius 2 is 2.06 bits per heavy atom. The molecular weight excluding hydrogens is 216 g/mol. The zero-order chi connectivity index (χ0) is 11.8. The molecule has 0 aromatic heterocycles. The van der Waals surface area contributed by atoms with Gasteiger partial charge in [-0.25, -0.2) is 4.79 Å². The van der Waals surface area contributed by atoms with E-state index in [9.17, 15) is 4.79 Å². The van der Waals surface area contributed by atoms with Crippen molar-refractivity contribution in [2.24, 2.45) is 23.7 Å². The Balaban J connectivity index is 1.82. The Labute approximate surface area is 101 Å². The fourth-order valence-corrected chi connectivity index (χ4v) is 3.47. The van der Waals surface area contributed by atoms with E-state index in [2.05, 4.69) is 29.6 Å². The molecule has 1 amide bonds. The Kier molecular flexibility index (Phi) is 2.67. The summed E-state index contributed by atoms with van der Waals surface area (Å²) in [4.78, 5) is 12.6. The van der Waals surface area contributed by atoms with Crippen LogP contribution < -0.4 is 5.32 Å². The van der Waals surface area contributed by atoms with Crippen LogP contribution >= 0.6 is 0 Å². The minimum atomic E-state index is -0.773. The largest absolute Gasteiger partial charge is 0.465 e. The highest BCUT2D eigenvalue weighted by Gasteiger charge is 2.42. The van der Waals surface area contributed by atoms with Crippen molar-refractivity contribution < 1.29 is 9.90 Å². The number of fused-ring (bicyclic) bond motifs is 3. The highest BCUT2D eigenvalue weighted by molar-refractivity contribution is 5.65. The molecule has 4 nitrogen and oxygen atoms in total. The lowest BCUT2D eigenvalue weighted by Gasteiger charge is -2.28. The van der Waals surface area contributed by atoms with Gasteiger partial charge in [0.05, 0.1) is 0 Å². The molecule has 0 radical (unpaired) electrons. The molecule has 2 saturated heterocycles. The Hall–Kier alpha value is -1.29. The van der Waals surface area contributed by atoms with Crippen molar-refractivity contribution in [1.29, 1.82) is 0 Å².